The Morgan fingerprint density at radius 1 is 1.32 bits per heavy atom. The third kappa shape index (κ3) is 3.18. The summed E-state index contributed by atoms with van der Waals surface area (Å²) < 4.78 is 40.0. The summed E-state index contributed by atoms with van der Waals surface area (Å²) in [5.74, 6) is -4.09. The molecule has 0 saturated heterocycles. The Morgan fingerprint density at radius 3 is 2.59 bits per heavy atom. The number of halogens is 3. The number of hydrogen-bond acceptors (Lipinski definition) is 4. The van der Waals surface area contributed by atoms with Gasteiger partial charge in [0.05, 0.1) is 5.56 Å². The summed E-state index contributed by atoms with van der Waals surface area (Å²) in [6.45, 7) is 0.540. The average molecular weight is 315 g/mol. The smallest absolute Gasteiger partial charge is 0.383 e. The summed E-state index contributed by atoms with van der Waals surface area (Å²) in [5, 5.41) is 7.46. The third-order valence-corrected chi connectivity index (χ3v) is 3.14. The Hall–Kier alpha value is -2.58. The molecular formula is C13H12F3N3O3. The van der Waals surface area contributed by atoms with Crippen LogP contribution in [0.5, 0.6) is 0 Å². The molecular weight excluding hydrogens is 303 g/mol. The van der Waals surface area contributed by atoms with E-state index in [1.54, 1.807) is 0 Å². The second-order valence-corrected chi connectivity index (χ2v) is 4.66. The van der Waals surface area contributed by atoms with Crippen molar-refractivity contribution in [3.8, 4) is 0 Å². The Morgan fingerprint density at radius 2 is 2.00 bits per heavy atom. The first-order valence-electron chi connectivity index (χ1n) is 6.28. The van der Waals surface area contributed by atoms with Crippen LogP contribution in [0.1, 0.15) is 22.3 Å². The quantitative estimate of drug-likeness (QED) is 0.355. The van der Waals surface area contributed by atoms with E-state index in [2.05, 4.69) is 4.74 Å². The zero-order chi connectivity index (χ0) is 16.5. The maximum Gasteiger partial charge on any atom is 0.491 e. The van der Waals surface area contributed by atoms with E-state index in [1.807, 2.05) is 0 Å². The van der Waals surface area contributed by atoms with Gasteiger partial charge < -0.3 is 15.4 Å². The van der Waals surface area contributed by atoms with E-state index in [-0.39, 0.29) is 11.5 Å². The number of nitrogens with one attached hydrogen (secondary N) is 1. The number of nitrogens with two attached hydrogens (primary N) is 1. The third-order valence-electron chi connectivity index (χ3n) is 3.14. The Labute approximate surface area is 123 Å². The van der Waals surface area contributed by atoms with E-state index in [1.165, 1.54) is 23.1 Å². The van der Waals surface area contributed by atoms with Gasteiger partial charge in [0.1, 0.15) is 0 Å². The van der Waals surface area contributed by atoms with Crippen LogP contribution in [0.4, 0.5) is 18.9 Å². The van der Waals surface area contributed by atoms with E-state index < -0.39 is 18.1 Å². The number of nitrogens with zero attached hydrogens (tertiary/aromatic N) is 1. The van der Waals surface area contributed by atoms with Crippen molar-refractivity contribution in [2.24, 2.45) is 5.73 Å². The predicted molar refractivity (Wildman–Crippen MR) is 70.5 cm³/mol. The molecule has 2 rings (SSSR count). The van der Waals surface area contributed by atoms with Crippen molar-refractivity contribution in [1.82, 2.24) is 0 Å². The number of fused-ring (bicyclic) bond motifs is 1. The molecule has 0 unspecified atom stereocenters. The van der Waals surface area contributed by atoms with E-state index in [0.29, 0.717) is 30.6 Å². The number of rotatable bonds is 1. The van der Waals surface area contributed by atoms with Crippen LogP contribution in [0.3, 0.4) is 0 Å². The van der Waals surface area contributed by atoms with Crippen molar-refractivity contribution in [2.45, 2.75) is 19.0 Å². The fourth-order valence-electron chi connectivity index (χ4n) is 2.18. The molecule has 1 heterocycles. The highest BCUT2D eigenvalue weighted by Gasteiger charge is 2.42. The van der Waals surface area contributed by atoms with Gasteiger partial charge in [-0.2, -0.15) is 13.2 Å². The first-order chi connectivity index (χ1) is 10.2. The number of hydrogen-bond donors (Lipinski definition) is 2. The lowest BCUT2D eigenvalue weighted by molar-refractivity contribution is -0.193. The molecule has 118 valence electrons. The number of ether oxygens (including phenoxy) is 1. The molecule has 0 saturated carbocycles. The monoisotopic (exact) mass is 315 g/mol. The standard InChI is InChI=1S/C13H12F3N3O3/c14-13(15,16)11(21)22-10(20)8-3-4-9-7(6-8)2-1-5-19(9)12(17)18/h3-4,6H,1-2,5H2,(H3,17,18). The molecule has 1 aromatic carbocycles. The molecule has 0 fully saturated rings. The minimum absolute atomic E-state index is 0.163. The summed E-state index contributed by atoms with van der Waals surface area (Å²) in [4.78, 5) is 23.8. The van der Waals surface area contributed by atoms with Crippen molar-refractivity contribution in [1.29, 1.82) is 5.41 Å². The molecule has 6 nitrogen and oxygen atoms in total. The molecule has 3 N–H and O–H groups in total. The lowest BCUT2D eigenvalue weighted by Crippen LogP contribution is -2.40. The summed E-state index contributed by atoms with van der Waals surface area (Å²) in [6, 6.07) is 4.03. The highest BCUT2D eigenvalue weighted by molar-refractivity contribution is 5.99. The zero-order valence-electron chi connectivity index (χ0n) is 11.2. The van der Waals surface area contributed by atoms with E-state index in [9.17, 15) is 22.8 Å². The lowest BCUT2D eigenvalue weighted by atomic mass is 9.99. The molecule has 0 bridgehead atoms. The maximum absolute atomic E-state index is 12.1. The summed E-state index contributed by atoms with van der Waals surface area (Å²) in [7, 11) is 0. The van der Waals surface area contributed by atoms with Gasteiger partial charge in [-0.25, -0.2) is 9.59 Å². The van der Waals surface area contributed by atoms with Gasteiger partial charge in [-0.15, -0.1) is 0 Å². The van der Waals surface area contributed by atoms with E-state index in [4.69, 9.17) is 11.1 Å². The van der Waals surface area contributed by atoms with Crippen LogP contribution in [-0.2, 0) is 16.0 Å². The van der Waals surface area contributed by atoms with Gasteiger partial charge in [0, 0.05) is 12.2 Å². The minimum atomic E-state index is -5.23. The Kier molecular flexibility index (Phi) is 4.07. The number of alkyl halides is 3. The van der Waals surface area contributed by atoms with Crippen LogP contribution in [0.25, 0.3) is 0 Å². The summed E-state index contributed by atoms with van der Waals surface area (Å²) in [5.41, 5.74) is 6.53. The summed E-state index contributed by atoms with van der Waals surface area (Å²) >= 11 is 0. The van der Waals surface area contributed by atoms with Gasteiger partial charge in [0.2, 0.25) is 0 Å². The molecule has 0 spiro atoms. The van der Waals surface area contributed by atoms with Gasteiger partial charge in [0.15, 0.2) is 5.96 Å². The molecule has 0 aliphatic carbocycles. The number of esters is 2. The highest BCUT2D eigenvalue weighted by Crippen LogP contribution is 2.28. The van der Waals surface area contributed by atoms with Gasteiger partial charge in [0.25, 0.3) is 0 Å². The first kappa shape index (κ1) is 15.8. The van der Waals surface area contributed by atoms with Crippen molar-refractivity contribution in [3.63, 3.8) is 0 Å². The second-order valence-electron chi connectivity index (χ2n) is 4.66. The van der Waals surface area contributed by atoms with E-state index in [0.717, 1.165) is 0 Å². The highest BCUT2D eigenvalue weighted by atomic mass is 19.4. The predicted octanol–water partition coefficient (Wildman–Crippen LogP) is 1.58. The van der Waals surface area contributed by atoms with E-state index >= 15 is 0 Å². The van der Waals surface area contributed by atoms with Crippen LogP contribution in [0, 0.1) is 5.41 Å². The number of carbonyl (C=O) groups is 2. The molecule has 0 atom stereocenters. The summed E-state index contributed by atoms with van der Waals surface area (Å²) in [6.07, 6.45) is -3.98. The number of guanidine groups is 1. The van der Waals surface area contributed by atoms with Gasteiger partial charge in [-0.05, 0) is 36.6 Å². The number of benzene rings is 1. The SMILES string of the molecule is N=C(N)N1CCCc2cc(C(=O)OC(=O)C(F)(F)F)ccc21. The number of anilines is 1. The second kappa shape index (κ2) is 5.66. The molecule has 22 heavy (non-hydrogen) atoms. The van der Waals surface area contributed by atoms with Gasteiger partial charge in [-0.3, -0.25) is 5.41 Å². The van der Waals surface area contributed by atoms with Crippen LogP contribution in [0.15, 0.2) is 18.2 Å². The zero-order valence-corrected chi connectivity index (χ0v) is 11.2. The Bertz CT molecular complexity index is 643. The van der Waals surface area contributed by atoms with Crippen LogP contribution in [0.2, 0.25) is 0 Å². The van der Waals surface area contributed by atoms with Crippen LogP contribution < -0.4 is 10.6 Å². The Balaban J connectivity index is 2.23. The maximum atomic E-state index is 12.1. The number of carbonyl (C=O) groups excluding carboxylic acids is 2. The molecule has 0 amide bonds. The fourth-order valence-corrected chi connectivity index (χ4v) is 2.18. The molecule has 0 radical (unpaired) electrons. The van der Waals surface area contributed by atoms with Crippen molar-refractivity contribution in [2.75, 3.05) is 11.4 Å². The van der Waals surface area contributed by atoms with Crippen molar-refractivity contribution < 1.29 is 27.5 Å². The topological polar surface area (TPSA) is 96.5 Å². The molecule has 9 heteroatoms. The molecule has 1 aliphatic heterocycles. The molecule has 1 aromatic rings. The van der Waals surface area contributed by atoms with Crippen molar-refractivity contribution >= 4 is 23.6 Å². The molecule has 1 aliphatic rings. The largest absolute Gasteiger partial charge is 0.491 e. The minimum Gasteiger partial charge on any atom is -0.383 e. The van der Waals surface area contributed by atoms with Crippen molar-refractivity contribution in [3.05, 3.63) is 29.3 Å². The average Bonchev–Trinajstić information content (AvgIpc) is 2.44. The lowest BCUT2D eigenvalue weighted by Gasteiger charge is -2.29. The molecule has 0 aromatic heterocycles. The van der Waals surface area contributed by atoms with Gasteiger partial charge >= 0.3 is 18.1 Å². The first-order valence-corrected chi connectivity index (χ1v) is 6.28. The normalized spacial score (nSPS) is 14.2. The van der Waals surface area contributed by atoms with Crippen LogP contribution in [-0.4, -0.2) is 30.6 Å². The van der Waals surface area contributed by atoms with Crippen LogP contribution >= 0.6 is 0 Å². The fraction of sp³-hybridized carbons (Fsp3) is 0.308. The van der Waals surface area contributed by atoms with Gasteiger partial charge in [-0.1, -0.05) is 0 Å². The number of aryl methyl sites for hydroxylation is 1.